The van der Waals surface area contributed by atoms with Crippen LogP contribution in [0.1, 0.15) is 35.3 Å². The number of rotatable bonds is 5. The van der Waals surface area contributed by atoms with Gasteiger partial charge in [-0.15, -0.1) is 0 Å². The zero-order valence-electron chi connectivity index (χ0n) is 17.6. The third-order valence-corrected chi connectivity index (χ3v) is 5.79. The molecule has 2 aliphatic rings. The summed E-state index contributed by atoms with van der Waals surface area (Å²) >= 11 is 0. The van der Waals surface area contributed by atoms with E-state index in [1.54, 1.807) is 24.3 Å². The number of ketones is 3. The predicted molar refractivity (Wildman–Crippen MR) is 110 cm³/mol. The maximum Gasteiger partial charge on any atom is 0.346 e. The summed E-state index contributed by atoms with van der Waals surface area (Å²) in [4.78, 5) is 50.6. The molecule has 0 saturated heterocycles. The lowest BCUT2D eigenvalue weighted by atomic mass is 9.67. The third kappa shape index (κ3) is 3.07. The number of carbonyl (C=O) groups excluding carboxylic acids is 4. The molecule has 1 heterocycles. The molecule has 1 N–H and O–H groups in total. The lowest BCUT2D eigenvalue weighted by molar-refractivity contribution is -0.140. The van der Waals surface area contributed by atoms with Gasteiger partial charge >= 0.3 is 5.97 Å². The standard InChI is InChI=1S/C24H20O8/c1-12(25)18-14(26)10-17-24(2,22(18)28)20-15(27)9-16(30-3)19(21(20)32-17)23(29)31-11-13-7-5-4-6-8-13/h4-10,18,27H,11H2,1-3H3/t18?,24-/m1/s1. The van der Waals surface area contributed by atoms with Crippen molar-refractivity contribution in [1.82, 2.24) is 0 Å². The van der Waals surface area contributed by atoms with Crippen LogP contribution in [0, 0.1) is 5.92 Å². The number of hydrogen-bond donors (Lipinski definition) is 1. The molecule has 0 bridgehead atoms. The van der Waals surface area contributed by atoms with Crippen LogP contribution in [0.4, 0.5) is 0 Å². The van der Waals surface area contributed by atoms with Crippen LogP contribution in [0.25, 0.3) is 0 Å². The quantitative estimate of drug-likeness (QED) is 0.562. The van der Waals surface area contributed by atoms with Crippen LogP contribution in [0.3, 0.4) is 0 Å². The van der Waals surface area contributed by atoms with Gasteiger partial charge in [0.15, 0.2) is 17.3 Å². The third-order valence-electron chi connectivity index (χ3n) is 5.79. The SMILES string of the molecule is COc1cc(O)c2c(c1C(=O)OCc1ccccc1)OC1=CC(=O)C(C(C)=O)C(=O)[C@]12C. The van der Waals surface area contributed by atoms with Gasteiger partial charge in [-0.1, -0.05) is 30.3 Å². The lowest BCUT2D eigenvalue weighted by Gasteiger charge is -2.30. The summed E-state index contributed by atoms with van der Waals surface area (Å²) in [7, 11) is 1.30. The second-order valence-electron chi connectivity index (χ2n) is 7.78. The molecule has 8 nitrogen and oxygen atoms in total. The molecular weight excluding hydrogens is 416 g/mol. The van der Waals surface area contributed by atoms with E-state index in [9.17, 15) is 24.3 Å². The predicted octanol–water partition coefficient (Wildman–Crippen LogP) is 2.65. The molecule has 1 aliphatic heterocycles. The van der Waals surface area contributed by atoms with Crippen molar-refractivity contribution in [3.63, 3.8) is 0 Å². The minimum absolute atomic E-state index is 0.0139. The minimum atomic E-state index is -1.62. The Balaban J connectivity index is 1.82. The molecule has 0 amide bonds. The second kappa shape index (κ2) is 7.64. The number of carbonyl (C=O) groups is 4. The average molecular weight is 436 g/mol. The molecule has 2 atom stereocenters. The molecule has 2 aromatic carbocycles. The summed E-state index contributed by atoms with van der Waals surface area (Å²) < 4.78 is 16.4. The molecule has 0 spiro atoms. The van der Waals surface area contributed by atoms with E-state index in [-0.39, 0.29) is 40.7 Å². The highest BCUT2D eigenvalue weighted by Crippen LogP contribution is 2.56. The summed E-state index contributed by atoms with van der Waals surface area (Å²) in [5.74, 6) is -4.95. The zero-order chi connectivity index (χ0) is 23.2. The van der Waals surface area contributed by atoms with Crippen LogP contribution < -0.4 is 9.47 Å². The lowest BCUT2D eigenvalue weighted by Crippen LogP contribution is -2.47. The van der Waals surface area contributed by atoms with Gasteiger partial charge in [-0.05, 0) is 19.4 Å². The van der Waals surface area contributed by atoms with Crippen LogP contribution in [0.5, 0.6) is 17.2 Å². The normalized spacial score (nSPS) is 21.2. The van der Waals surface area contributed by atoms with Crippen molar-refractivity contribution in [3.8, 4) is 17.2 Å². The van der Waals surface area contributed by atoms with Crippen molar-refractivity contribution in [3.05, 3.63) is 64.9 Å². The van der Waals surface area contributed by atoms with Crippen molar-refractivity contribution in [1.29, 1.82) is 0 Å². The van der Waals surface area contributed by atoms with E-state index in [4.69, 9.17) is 14.2 Å². The monoisotopic (exact) mass is 436 g/mol. The molecule has 1 aliphatic carbocycles. The molecule has 2 aromatic rings. The van der Waals surface area contributed by atoms with E-state index in [0.29, 0.717) is 0 Å². The Morgan fingerprint density at radius 3 is 2.50 bits per heavy atom. The Bertz CT molecular complexity index is 1190. The Labute approximate surface area is 183 Å². The number of Topliss-reactive ketones (excluding diaryl/α,β-unsaturated/α-hetero) is 2. The maximum absolute atomic E-state index is 13.2. The number of methoxy groups -OCH3 is 1. The van der Waals surface area contributed by atoms with E-state index in [0.717, 1.165) is 18.6 Å². The number of phenols is 1. The molecule has 8 heteroatoms. The summed E-state index contributed by atoms with van der Waals surface area (Å²) in [5.41, 5.74) is -1.01. The molecule has 1 unspecified atom stereocenters. The van der Waals surface area contributed by atoms with Gasteiger partial charge in [-0.25, -0.2) is 4.79 Å². The number of aromatic hydroxyl groups is 1. The van der Waals surface area contributed by atoms with Crippen molar-refractivity contribution >= 4 is 23.3 Å². The Hall–Kier alpha value is -3.94. The van der Waals surface area contributed by atoms with Crippen LogP contribution in [-0.2, 0) is 31.1 Å². The first-order chi connectivity index (χ1) is 15.2. The van der Waals surface area contributed by atoms with Gasteiger partial charge in [0.2, 0.25) is 0 Å². The van der Waals surface area contributed by atoms with Crippen LogP contribution in [0.15, 0.2) is 48.2 Å². The average Bonchev–Trinajstić information content (AvgIpc) is 3.06. The van der Waals surface area contributed by atoms with Crippen molar-refractivity contribution in [2.24, 2.45) is 5.92 Å². The van der Waals surface area contributed by atoms with Crippen LogP contribution >= 0.6 is 0 Å². The van der Waals surface area contributed by atoms with Gasteiger partial charge in [-0.2, -0.15) is 0 Å². The van der Waals surface area contributed by atoms with Gasteiger partial charge in [-0.3, -0.25) is 14.4 Å². The van der Waals surface area contributed by atoms with Crippen LogP contribution in [-0.4, -0.2) is 35.5 Å². The van der Waals surface area contributed by atoms with Gasteiger partial charge in [0.05, 0.1) is 12.7 Å². The summed E-state index contributed by atoms with van der Waals surface area (Å²) in [6.07, 6.45) is 1.07. The summed E-state index contributed by atoms with van der Waals surface area (Å²) in [6, 6.07) is 10.2. The fourth-order valence-corrected chi connectivity index (χ4v) is 4.13. The molecular formula is C24H20O8. The Kier molecular flexibility index (Phi) is 5.08. The highest BCUT2D eigenvalue weighted by atomic mass is 16.5. The first kappa shape index (κ1) is 21.3. The van der Waals surface area contributed by atoms with Crippen molar-refractivity contribution in [2.75, 3.05) is 7.11 Å². The van der Waals surface area contributed by atoms with E-state index < -0.39 is 34.7 Å². The number of esters is 1. The van der Waals surface area contributed by atoms with Crippen molar-refractivity contribution in [2.45, 2.75) is 25.9 Å². The van der Waals surface area contributed by atoms with E-state index in [1.807, 2.05) is 6.07 Å². The zero-order valence-corrected chi connectivity index (χ0v) is 17.6. The molecule has 32 heavy (non-hydrogen) atoms. The van der Waals surface area contributed by atoms with Gasteiger partial charge in [0.25, 0.3) is 0 Å². The molecule has 0 aromatic heterocycles. The Morgan fingerprint density at radius 1 is 1.19 bits per heavy atom. The summed E-state index contributed by atoms with van der Waals surface area (Å²) in [6.45, 7) is 2.57. The second-order valence-corrected chi connectivity index (χ2v) is 7.78. The highest BCUT2D eigenvalue weighted by Gasteiger charge is 2.58. The summed E-state index contributed by atoms with van der Waals surface area (Å²) in [5, 5.41) is 10.7. The fraction of sp³-hybridized carbons (Fsp3) is 0.250. The maximum atomic E-state index is 13.2. The number of phenolic OH excluding ortho intramolecular Hbond substituents is 1. The molecule has 0 saturated carbocycles. The minimum Gasteiger partial charge on any atom is -0.507 e. The van der Waals surface area contributed by atoms with Gasteiger partial charge in [0.1, 0.15) is 46.5 Å². The number of fused-ring (bicyclic) bond motifs is 3. The molecule has 0 fully saturated rings. The first-order valence-corrected chi connectivity index (χ1v) is 9.84. The molecule has 0 radical (unpaired) electrons. The van der Waals surface area contributed by atoms with Crippen molar-refractivity contribution < 1.29 is 38.5 Å². The van der Waals surface area contributed by atoms with Gasteiger partial charge in [0, 0.05) is 12.1 Å². The van der Waals surface area contributed by atoms with Crippen LogP contribution in [0.2, 0.25) is 0 Å². The van der Waals surface area contributed by atoms with E-state index in [1.165, 1.54) is 20.1 Å². The van der Waals surface area contributed by atoms with Gasteiger partial charge < -0.3 is 19.3 Å². The smallest absolute Gasteiger partial charge is 0.346 e. The number of ether oxygens (including phenoxy) is 3. The topological polar surface area (TPSA) is 116 Å². The number of benzene rings is 2. The fourth-order valence-electron chi connectivity index (χ4n) is 4.13. The Morgan fingerprint density at radius 2 is 1.88 bits per heavy atom. The highest BCUT2D eigenvalue weighted by molar-refractivity contribution is 6.27. The molecule has 164 valence electrons. The number of allylic oxidation sites excluding steroid dienone is 2. The van der Waals surface area contributed by atoms with E-state index >= 15 is 0 Å². The van der Waals surface area contributed by atoms with E-state index in [2.05, 4.69) is 0 Å². The number of hydrogen-bond acceptors (Lipinski definition) is 8. The molecule has 4 rings (SSSR count). The first-order valence-electron chi connectivity index (χ1n) is 9.84. The largest absolute Gasteiger partial charge is 0.507 e.